The van der Waals surface area contributed by atoms with Crippen molar-refractivity contribution in [1.29, 1.82) is 0 Å². The van der Waals surface area contributed by atoms with E-state index >= 15 is 0 Å². The van der Waals surface area contributed by atoms with Gasteiger partial charge in [0, 0.05) is 0 Å². The topological polar surface area (TPSA) is 26.3 Å². The quantitative estimate of drug-likeness (QED) is 0.547. The molecule has 0 bridgehead atoms. The minimum atomic E-state index is -0.274. The lowest BCUT2D eigenvalue weighted by molar-refractivity contribution is -0.137. The Morgan fingerprint density at radius 2 is 2.24 bits per heavy atom. The van der Waals surface area contributed by atoms with Crippen molar-refractivity contribution < 1.29 is 9.53 Å². The maximum Gasteiger partial charge on any atom is 0.338 e. The molecule has 1 aliphatic rings. The molecule has 0 saturated carbocycles. The summed E-state index contributed by atoms with van der Waals surface area (Å²) in [5.74, 6) is -0.274. The van der Waals surface area contributed by atoms with Crippen LogP contribution in [0, 0.1) is 0 Å². The standard InChI is InChI=1S/C15H20O2/c1-4-11-17-15(16)14-10-9-12(2)7-5-6-8-13(14)3/h4,8-10H,1,5-7,11H2,2-3H3/b12-9+,13-8+,14-10+. The summed E-state index contributed by atoms with van der Waals surface area (Å²) in [4.78, 5) is 11.8. The highest BCUT2D eigenvalue weighted by atomic mass is 16.5. The van der Waals surface area contributed by atoms with Gasteiger partial charge in [-0.25, -0.2) is 4.79 Å². The highest BCUT2D eigenvalue weighted by Gasteiger charge is 2.12. The van der Waals surface area contributed by atoms with Gasteiger partial charge in [0.1, 0.15) is 6.61 Å². The Hall–Kier alpha value is -1.57. The van der Waals surface area contributed by atoms with Crippen LogP contribution in [0.25, 0.3) is 0 Å². The second-order valence-corrected chi connectivity index (χ2v) is 4.26. The van der Waals surface area contributed by atoms with Gasteiger partial charge in [0.2, 0.25) is 0 Å². The Balaban J connectivity index is 2.92. The third-order valence-corrected chi connectivity index (χ3v) is 2.74. The molecule has 0 spiro atoms. The molecule has 0 aliphatic heterocycles. The molecule has 0 unspecified atom stereocenters. The molecule has 0 radical (unpaired) electrons. The van der Waals surface area contributed by atoms with E-state index < -0.39 is 0 Å². The monoisotopic (exact) mass is 232 g/mol. The third kappa shape index (κ3) is 4.43. The van der Waals surface area contributed by atoms with Gasteiger partial charge in [0.05, 0.1) is 5.57 Å². The zero-order valence-corrected chi connectivity index (χ0v) is 10.7. The Morgan fingerprint density at radius 3 is 2.94 bits per heavy atom. The summed E-state index contributed by atoms with van der Waals surface area (Å²) in [6.07, 6.45) is 10.8. The number of rotatable bonds is 3. The summed E-state index contributed by atoms with van der Waals surface area (Å²) < 4.78 is 5.08. The molecule has 2 heteroatoms. The van der Waals surface area contributed by atoms with Gasteiger partial charge in [0.25, 0.3) is 0 Å². The van der Waals surface area contributed by atoms with Crippen LogP contribution in [0.4, 0.5) is 0 Å². The average Bonchev–Trinajstić information content (AvgIpc) is 2.38. The lowest BCUT2D eigenvalue weighted by atomic mass is 10.1. The minimum absolute atomic E-state index is 0.256. The molecule has 0 N–H and O–H groups in total. The maximum absolute atomic E-state index is 11.8. The van der Waals surface area contributed by atoms with E-state index in [1.165, 1.54) is 5.57 Å². The lowest BCUT2D eigenvalue weighted by Crippen LogP contribution is -2.09. The Labute approximate surface area is 103 Å². The van der Waals surface area contributed by atoms with Crippen LogP contribution >= 0.6 is 0 Å². The van der Waals surface area contributed by atoms with Gasteiger partial charge < -0.3 is 4.74 Å². The summed E-state index contributed by atoms with van der Waals surface area (Å²) in [6, 6.07) is 0. The zero-order chi connectivity index (χ0) is 12.7. The van der Waals surface area contributed by atoms with Crippen molar-refractivity contribution in [3.05, 3.63) is 47.6 Å². The first kappa shape index (κ1) is 13.5. The predicted molar refractivity (Wildman–Crippen MR) is 70.6 cm³/mol. The van der Waals surface area contributed by atoms with Gasteiger partial charge in [-0.05, 0) is 44.8 Å². The van der Waals surface area contributed by atoms with E-state index in [0.29, 0.717) is 5.57 Å². The first-order chi connectivity index (χ1) is 8.15. The second kappa shape index (κ2) is 6.89. The lowest BCUT2D eigenvalue weighted by Gasteiger charge is -2.06. The molecule has 0 aromatic heterocycles. The number of allylic oxidation sites excluding steroid dienone is 4. The molecule has 2 nitrogen and oxygen atoms in total. The molecular weight excluding hydrogens is 212 g/mol. The molecule has 0 aromatic carbocycles. The van der Waals surface area contributed by atoms with Crippen LogP contribution in [0.2, 0.25) is 0 Å². The van der Waals surface area contributed by atoms with Crippen molar-refractivity contribution >= 4 is 5.97 Å². The highest BCUT2D eigenvalue weighted by molar-refractivity contribution is 5.93. The van der Waals surface area contributed by atoms with Crippen molar-refractivity contribution in [2.24, 2.45) is 0 Å². The average molecular weight is 232 g/mol. The first-order valence-corrected chi connectivity index (χ1v) is 5.97. The summed E-state index contributed by atoms with van der Waals surface area (Å²) in [5.41, 5.74) is 2.93. The summed E-state index contributed by atoms with van der Waals surface area (Å²) in [5, 5.41) is 0. The summed E-state index contributed by atoms with van der Waals surface area (Å²) >= 11 is 0. The molecule has 1 rings (SSSR count). The van der Waals surface area contributed by atoms with E-state index in [4.69, 9.17) is 4.74 Å². The van der Waals surface area contributed by atoms with E-state index in [1.807, 2.05) is 19.1 Å². The number of carbonyl (C=O) groups is 1. The van der Waals surface area contributed by atoms with Crippen LogP contribution in [-0.4, -0.2) is 12.6 Å². The highest BCUT2D eigenvalue weighted by Crippen LogP contribution is 2.18. The van der Waals surface area contributed by atoms with Crippen molar-refractivity contribution in [2.45, 2.75) is 33.1 Å². The van der Waals surface area contributed by atoms with Crippen molar-refractivity contribution in [2.75, 3.05) is 6.61 Å². The van der Waals surface area contributed by atoms with E-state index in [-0.39, 0.29) is 12.6 Å². The Morgan fingerprint density at radius 1 is 1.47 bits per heavy atom. The molecule has 0 aromatic rings. The van der Waals surface area contributed by atoms with Crippen molar-refractivity contribution in [3.8, 4) is 0 Å². The molecule has 0 atom stereocenters. The van der Waals surface area contributed by atoms with E-state index in [1.54, 1.807) is 6.08 Å². The molecule has 92 valence electrons. The molecule has 0 fully saturated rings. The molecular formula is C15H20O2. The minimum Gasteiger partial charge on any atom is -0.458 e. The van der Waals surface area contributed by atoms with E-state index in [9.17, 15) is 4.79 Å². The van der Waals surface area contributed by atoms with E-state index in [0.717, 1.165) is 24.8 Å². The van der Waals surface area contributed by atoms with Crippen LogP contribution < -0.4 is 0 Å². The third-order valence-electron chi connectivity index (χ3n) is 2.74. The van der Waals surface area contributed by atoms with Gasteiger partial charge in [-0.15, -0.1) is 0 Å². The van der Waals surface area contributed by atoms with Crippen LogP contribution in [0.5, 0.6) is 0 Å². The molecule has 0 saturated heterocycles. The second-order valence-electron chi connectivity index (χ2n) is 4.26. The van der Waals surface area contributed by atoms with Crippen molar-refractivity contribution in [3.63, 3.8) is 0 Å². The fraction of sp³-hybridized carbons (Fsp3) is 0.400. The van der Waals surface area contributed by atoms with Crippen LogP contribution in [0.3, 0.4) is 0 Å². The SMILES string of the molecule is C=CCOC(=O)C1=C/C=C(\C)CCC\C=C\1C. The smallest absolute Gasteiger partial charge is 0.338 e. The maximum atomic E-state index is 11.8. The number of carbonyl (C=O) groups excluding carboxylic acids is 1. The van der Waals surface area contributed by atoms with E-state index in [2.05, 4.69) is 19.6 Å². The molecule has 0 heterocycles. The zero-order valence-electron chi connectivity index (χ0n) is 10.7. The van der Waals surface area contributed by atoms with Crippen LogP contribution in [0.1, 0.15) is 33.1 Å². The van der Waals surface area contributed by atoms with Gasteiger partial charge in [-0.3, -0.25) is 0 Å². The number of esters is 1. The van der Waals surface area contributed by atoms with Gasteiger partial charge in [-0.1, -0.05) is 30.4 Å². The van der Waals surface area contributed by atoms with Gasteiger partial charge in [0.15, 0.2) is 0 Å². The van der Waals surface area contributed by atoms with Gasteiger partial charge in [-0.2, -0.15) is 0 Å². The fourth-order valence-electron chi connectivity index (χ4n) is 1.69. The predicted octanol–water partition coefficient (Wildman–Crippen LogP) is 3.72. The summed E-state index contributed by atoms with van der Waals surface area (Å²) in [6.45, 7) is 7.83. The van der Waals surface area contributed by atoms with Crippen molar-refractivity contribution in [1.82, 2.24) is 0 Å². The first-order valence-electron chi connectivity index (χ1n) is 5.97. The van der Waals surface area contributed by atoms with Crippen LogP contribution in [0.15, 0.2) is 47.6 Å². The fourth-order valence-corrected chi connectivity index (χ4v) is 1.69. The number of hydrogen-bond acceptors (Lipinski definition) is 2. The molecule has 1 aliphatic carbocycles. The number of hydrogen-bond donors (Lipinski definition) is 0. The van der Waals surface area contributed by atoms with Gasteiger partial charge >= 0.3 is 5.97 Å². The molecule has 0 amide bonds. The summed E-state index contributed by atoms with van der Waals surface area (Å²) in [7, 11) is 0. The Kier molecular flexibility index (Phi) is 5.47. The molecule has 17 heavy (non-hydrogen) atoms. The normalized spacial score (nSPS) is 25.9. The largest absolute Gasteiger partial charge is 0.458 e. The Bertz CT molecular complexity index is 384. The number of ether oxygens (including phenoxy) is 1. The van der Waals surface area contributed by atoms with Crippen LogP contribution in [-0.2, 0) is 9.53 Å².